The number of benzene rings is 4. The molecule has 4 aromatic rings. The molecule has 0 aliphatic rings. The SMILES string of the molecule is O=C(N/N=C\c1cc(I)c(OCc2ccc(Cl)cc2Cl)c(I)c1)c1ccc2ccccc2c1. The summed E-state index contributed by atoms with van der Waals surface area (Å²) in [7, 11) is 0. The minimum Gasteiger partial charge on any atom is -0.487 e. The molecule has 0 radical (unpaired) electrons. The molecule has 0 bridgehead atoms. The molecule has 1 N–H and O–H groups in total. The second kappa shape index (κ2) is 11.0. The van der Waals surface area contributed by atoms with E-state index in [2.05, 4.69) is 55.7 Å². The van der Waals surface area contributed by atoms with Crippen LogP contribution in [0.15, 0.2) is 77.9 Å². The van der Waals surface area contributed by atoms with Crippen LogP contribution in [0.3, 0.4) is 0 Å². The van der Waals surface area contributed by atoms with Crippen LogP contribution in [0.1, 0.15) is 21.5 Å². The molecular weight excluding hydrogens is 685 g/mol. The zero-order valence-electron chi connectivity index (χ0n) is 17.0. The number of hydrogen-bond acceptors (Lipinski definition) is 3. The Morgan fingerprint density at radius 3 is 2.39 bits per heavy atom. The van der Waals surface area contributed by atoms with Crippen molar-refractivity contribution in [2.75, 3.05) is 0 Å². The van der Waals surface area contributed by atoms with Crippen LogP contribution in [-0.4, -0.2) is 12.1 Å². The molecule has 8 heteroatoms. The molecule has 1 amide bonds. The van der Waals surface area contributed by atoms with Crippen molar-refractivity contribution in [2.24, 2.45) is 5.10 Å². The summed E-state index contributed by atoms with van der Waals surface area (Å²) >= 11 is 16.6. The predicted octanol–water partition coefficient (Wildman–Crippen LogP) is 7.70. The van der Waals surface area contributed by atoms with Gasteiger partial charge in [0.05, 0.1) is 13.4 Å². The molecule has 0 fully saturated rings. The molecule has 33 heavy (non-hydrogen) atoms. The standard InChI is InChI=1S/C25H16Cl2I2N2O2/c26-20-8-7-19(21(27)12-20)14-33-24-22(28)9-15(10-23(24)29)13-30-31-25(32)18-6-5-16-3-1-2-4-17(16)11-18/h1-13H,14H2,(H,31,32)/b30-13-. The van der Waals surface area contributed by atoms with Crippen molar-refractivity contribution in [2.45, 2.75) is 6.61 Å². The van der Waals surface area contributed by atoms with Crippen molar-refractivity contribution < 1.29 is 9.53 Å². The molecule has 0 heterocycles. The van der Waals surface area contributed by atoms with Gasteiger partial charge in [-0.25, -0.2) is 5.43 Å². The van der Waals surface area contributed by atoms with E-state index >= 15 is 0 Å². The lowest BCUT2D eigenvalue weighted by molar-refractivity contribution is 0.0955. The van der Waals surface area contributed by atoms with E-state index in [1.807, 2.05) is 54.6 Å². The van der Waals surface area contributed by atoms with Crippen LogP contribution in [0.5, 0.6) is 5.75 Å². The number of rotatable bonds is 6. The lowest BCUT2D eigenvalue weighted by atomic mass is 10.1. The highest BCUT2D eigenvalue weighted by Gasteiger charge is 2.11. The highest BCUT2D eigenvalue weighted by Crippen LogP contribution is 2.30. The molecule has 0 atom stereocenters. The summed E-state index contributed by atoms with van der Waals surface area (Å²) in [6, 6.07) is 22.7. The van der Waals surface area contributed by atoms with E-state index in [-0.39, 0.29) is 5.91 Å². The summed E-state index contributed by atoms with van der Waals surface area (Å²) in [4.78, 5) is 12.5. The maximum absolute atomic E-state index is 12.5. The summed E-state index contributed by atoms with van der Waals surface area (Å²) in [6.07, 6.45) is 1.61. The van der Waals surface area contributed by atoms with Gasteiger partial charge in [0.15, 0.2) is 0 Å². The molecule has 0 unspecified atom stereocenters. The van der Waals surface area contributed by atoms with Gasteiger partial charge < -0.3 is 4.74 Å². The normalized spacial score (nSPS) is 11.2. The van der Waals surface area contributed by atoms with Gasteiger partial charge in [-0.2, -0.15) is 5.10 Å². The fourth-order valence-corrected chi connectivity index (χ4v) is 5.73. The number of halogens is 4. The third-order valence-corrected chi connectivity index (χ3v) is 6.99. The van der Waals surface area contributed by atoms with E-state index in [4.69, 9.17) is 27.9 Å². The smallest absolute Gasteiger partial charge is 0.271 e. The van der Waals surface area contributed by atoms with Gasteiger partial charge in [-0.3, -0.25) is 4.79 Å². The highest BCUT2D eigenvalue weighted by molar-refractivity contribution is 14.1. The predicted molar refractivity (Wildman–Crippen MR) is 152 cm³/mol. The molecule has 0 aromatic heterocycles. The Bertz CT molecular complexity index is 1350. The topological polar surface area (TPSA) is 50.7 Å². The minimum absolute atomic E-state index is 0.263. The quantitative estimate of drug-likeness (QED) is 0.127. The van der Waals surface area contributed by atoms with Crippen LogP contribution < -0.4 is 10.2 Å². The number of nitrogens with one attached hydrogen (secondary N) is 1. The Balaban J connectivity index is 1.42. The van der Waals surface area contributed by atoms with Crippen LogP contribution in [0.25, 0.3) is 10.8 Å². The number of nitrogens with zero attached hydrogens (tertiary/aromatic N) is 1. The number of carbonyl (C=O) groups is 1. The van der Waals surface area contributed by atoms with Gasteiger partial charge in [-0.05, 0) is 97.9 Å². The zero-order chi connectivity index (χ0) is 23.4. The van der Waals surface area contributed by atoms with Crippen molar-refractivity contribution in [3.63, 3.8) is 0 Å². The number of amides is 1. The van der Waals surface area contributed by atoms with E-state index in [0.29, 0.717) is 22.2 Å². The highest BCUT2D eigenvalue weighted by atomic mass is 127. The average molecular weight is 701 g/mol. The van der Waals surface area contributed by atoms with Crippen LogP contribution in [0.4, 0.5) is 0 Å². The van der Waals surface area contributed by atoms with Gasteiger partial charge >= 0.3 is 0 Å². The Morgan fingerprint density at radius 2 is 1.67 bits per heavy atom. The summed E-state index contributed by atoms with van der Waals surface area (Å²) in [6.45, 7) is 0.331. The molecule has 4 rings (SSSR count). The lowest BCUT2D eigenvalue weighted by Crippen LogP contribution is -2.17. The van der Waals surface area contributed by atoms with Crippen molar-refractivity contribution >= 4 is 91.3 Å². The first kappa shape index (κ1) is 24.3. The summed E-state index contributed by atoms with van der Waals surface area (Å²) in [5.41, 5.74) is 4.85. The van der Waals surface area contributed by atoms with E-state index in [0.717, 1.165) is 34.8 Å². The number of carbonyl (C=O) groups excluding carboxylic acids is 1. The van der Waals surface area contributed by atoms with E-state index in [1.54, 1.807) is 24.4 Å². The summed E-state index contributed by atoms with van der Waals surface area (Å²) < 4.78 is 7.85. The maximum atomic E-state index is 12.5. The number of ether oxygens (including phenoxy) is 1. The second-order valence-corrected chi connectivity index (χ2v) is 10.3. The molecule has 4 aromatic carbocycles. The van der Waals surface area contributed by atoms with Gasteiger partial charge in [0, 0.05) is 21.2 Å². The van der Waals surface area contributed by atoms with Gasteiger partial charge in [0.25, 0.3) is 5.91 Å². The van der Waals surface area contributed by atoms with Gasteiger partial charge in [-0.15, -0.1) is 0 Å². The van der Waals surface area contributed by atoms with Crippen LogP contribution in [-0.2, 0) is 6.61 Å². The zero-order valence-corrected chi connectivity index (χ0v) is 22.8. The van der Waals surface area contributed by atoms with Crippen LogP contribution >= 0.6 is 68.4 Å². The summed E-state index contributed by atoms with van der Waals surface area (Å²) in [5, 5.41) is 7.37. The van der Waals surface area contributed by atoms with Gasteiger partial charge in [0.1, 0.15) is 12.4 Å². The molecular formula is C25H16Cl2I2N2O2. The summed E-state index contributed by atoms with van der Waals surface area (Å²) in [5.74, 6) is 0.501. The number of hydrazone groups is 1. The monoisotopic (exact) mass is 700 g/mol. The average Bonchev–Trinajstić information content (AvgIpc) is 2.79. The minimum atomic E-state index is -0.263. The maximum Gasteiger partial charge on any atom is 0.271 e. The molecule has 166 valence electrons. The first-order valence-corrected chi connectivity index (χ1v) is 12.7. The lowest BCUT2D eigenvalue weighted by Gasteiger charge is -2.12. The Morgan fingerprint density at radius 1 is 0.939 bits per heavy atom. The molecule has 0 aliphatic heterocycles. The third-order valence-electron chi connectivity index (χ3n) is 4.80. The van der Waals surface area contributed by atoms with Crippen LogP contribution in [0.2, 0.25) is 10.0 Å². The van der Waals surface area contributed by atoms with Crippen molar-refractivity contribution in [3.05, 3.63) is 107 Å². The van der Waals surface area contributed by atoms with Crippen molar-refractivity contribution in [3.8, 4) is 5.75 Å². The van der Waals surface area contributed by atoms with Gasteiger partial charge in [-0.1, -0.05) is 59.6 Å². The van der Waals surface area contributed by atoms with Crippen molar-refractivity contribution in [1.29, 1.82) is 0 Å². The van der Waals surface area contributed by atoms with E-state index < -0.39 is 0 Å². The Labute approximate surface area is 228 Å². The van der Waals surface area contributed by atoms with Crippen molar-refractivity contribution in [1.82, 2.24) is 5.43 Å². The first-order valence-electron chi connectivity index (χ1n) is 9.79. The molecule has 0 saturated heterocycles. The third kappa shape index (κ3) is 6.17. The molecule has 0 saturated carbocycles. The first-order chi connectivity index (χ1) is 15.9. The van der Waals surface area contributed by atoms with Crippen LogP contribution in [0, 0.1) is 7.14 Å². The number of fused-ring (bicyclic) bond motifs is 1. The Hall–Kier alpha value is -1.88. The van der Waals surface area contributed by atoms with E-state index in [1.165, 1.54) is 0 Å². The fraction of sp³-hybridized carbons (Fsp3) is 0.0400. The van der Waals surface area contributed by atoms with E-state index in [9.17, 15) is 4.79 Å². The largest absolute Gasteiger partial charge is 0.487 e. The number of hydrogen-bond donors (Lipinski definition) is 1. The Kier molecular flexibility index (Phi) is 8.11. The fourth-order valence-electron chi connectivity index (χ4n) is 3.14. The molecule has 0 spiro atoms. The van der Waals surface area contributed by atoms with Gasteiger partial charge in [0.2, 0.25) is 0 Å². The second-order valence-electron chi connectivity index (χ2n) is 7.10. The molecule has 0 aliphatic carbocycles. The molecule has 4 nitrogen and oxygen atoms in total.